The zero-order valence-corrected chi connectivity index (χ0v) is 8.57. The first kappa shape index (κ1) is 9.62. The van der Waals surface area contributed by atoms with Gasteiger partial charge in [0.15, 0.2) is 0 Å². The average molecular weight is 192 g/mol. The number of pyridine rings is 1. The molecule has 3 N–H and O–H groups in total. The predicted molar refractivity (Wildman–Crippen MR) is 55.0 cm³/mol. The summed E-state index contributed by atoms with van der Waals surface area (Å²) in [6.07, 6.45) is 0.163. The highest BCUT2D eigenvalue weighted by molar-refractivity contribution is 5.32. The summed E-state index contributed by atoms with van der Waals surface area (Å²) in [6.45, 7) is 4.22. The third kappa shape index (κ3) is 1.42. The first-order valence-electron chi connectivity index (χ1n) is 5.03. The molecule has 0 saturated heterocycles. The van der Waals surface area contributed by atoms with Crippen LogP contribution < -0.4 is 5.73 Å². The molecule has 2 rings (SSSR count). The van der Waals surface area contributed by atoms with Crippen molar-refractivity contribution in [2.24, 2.45) is 5.73 Å². The predicted octanol–water partition coefficient (Wildman–Crippen LogP) is 1.12. The van der Waals surface area contributed by atoms with Gasteiger partial charge in [0.1, 0.15) is 0 Å². The second-order valence-electron chi connectivity index (χ2n) is 4.24. The van der Waals surface area contributed by atoms with Gasteiger partial charge < -0.3 is 10.8 Å². The molecule has 0 radical (unpaired) electrons. The second-order valence-corrected chi connectivity index (χ2v) is 4.24. The van der Waals surface area contributed by atoms with Gasteiger partial charge in [-0.3, -0.25) is 4.98 Å². The SMILES string of the molecule is CC(C)c1ccc2c(n1)CC(N)C2O. The number of hydrogen-bond donors (Lipinski definition) is 2. The van der Waals surface area contributed by atoms with Crippen molar-refractivity contribution in [2.75, 3.05) is 0 Å². The molecule has 0 amide bonds. The normalized spacial score (nSPS) is 25.5. The maximum absolute atomic E-state index is 9.71. The third-order valence-electron chi connectivity index (χ3n) is 2.78. The van der Waals surface area contributed by atoms with Crippen molar-refractivity contribution in [1.82, 2.24) is 4.98 Å². The number of aliphatic hydroxyl groups excluding tert-OH is 1. The van der Waals surface area contributed by atoms with Crippen LogP contribution in [0.4, 0.5) is 0 Å². The van der Waals surface area contributed by atoms with E-state index in [0.717, 1.165) is 17.0 Å². The lowest BCUT2D eigenvalue weighted by Gasteiger charge is -2.09. The summed E-state index contributed by atoms with van der Waals surface area (Å²) in [7, 11) is 0. The molecule has 1 heterocycles. The largest absolute Gasteiger partial charge is 0.387 e. The van der Waals surface area contributed by atoms with Gasteiger partial charge in [-0.2, -0.15) is 0 Å². The fraction of sp³-hybridized carbons (Fsp3) is 0.545. The van der Waals surface area contributed by atoms with Crippen molar-refractivity contribution in [3.05, 3.63) is 29.1 Å². The van der Waals surface area contributed by atoms with E-state index in [1.54, 1.807) is 0 Å². The molecule has 2 unspecified atom stereocenters. The lowest BCUT2D eigenvalue weighted by atomic mass is 10.1. The molecule has 1 aromatic heterocycles. The standard InChI is InChI=1S/C11H16N2O/c1-6(2)9-4-3-7-10(13-9)5-8(12)11(7)14/h3-4,6,8,11,14H,5,12H2,1-2H3. The summed E-state index contributed by atoms with van der Waals surface area (Å²) in [5, 5.41) is 9.71. The molecule has 1 aliphatic rings. The monoisotopic (exact) mass is 192 g/mol. The van der Waals surface area contributed by atoms with Crippen LogP contribution in [0.15, 0.2) is 12.1 Å². The summed E-state index contributed by atoms with van der Waals surface area (Å²) in [5.74, 6) is 0.425. The van der Waals surface area contributed by atoms with E-state index in [2.05, 4.69) is 18.8 Å². The number of rotatable bonds is 1. The van der Waals surface area contributed by atoms with Gasteiger partial charge in [0.25, 0.3) is 0 Å². The number of aliphatic hydroxyl groups is 1. The van der Waals surface area contributed by atoms with Gasteiger partial charge in [0.05, 0.1) is 6.10 Å². The van der Waals surface area contributed by atoms with Gasteiger partial charge in [-0.05, 0) is 12.0 Å². The summed E-state index contributed by atoms with van der Waals surface area (Å²) < 4.78 is 0. The molecule has 0 spiro atoms. The third-order valence-corrected chi connectivity index (χ3v) is 2.78. The van der Waals surface area contributed by atoms with E-state index < -0.39 is 6.10 Å². The highest BCUT2D eigenvalue weighted by Gasteiger charge is 2.29. The first-order chi connectivity index (χ1) is 6.59. The molecule has 0 aliphatic heterocycles. The molecule has 0 aromatic carbocycles. The summed E-state index contributed by atoms with van der Waals surface area (Å²) in [4.78, 5) is 4.51. The van der Waals surface area contributed by atoms with Crippen molar-refractivity contribution in [1.29, 1.82) is 0 Å². The Bertz CT molecular complexity index is 349. The van der Waals surface area contributed by atoms with Gasteiger partial charge in [-0.1, -0.05) is 19.9 Å². The minimum absolute atomic E-state index is 0.181. The molecule has 0 fully saturated rings. The molecule has 1 aromatic rings. The van der Waals surface area contributed by atoms with E-state index in [1.165, 1.54) is 0 Å². The van der Waals surface area contributed by atoms with Gasteiger partial charge in [-0.25, -0.2) is 0 Å². The summed E-state index contributed by atoms with van der Waals surface area (Å²) in [6, 6.07) is 3.75. The molecule has 14 heavy (non-hydrogen) atoms. The Morgan fingerprint density at radius 1 is 1.50 bits per heavy atom. The molecule has 0 bridgehead atoms. The molecule has 1 aliphatic carbocycles. The Hall–Kier alpha value is -0.930. The number of hydrogen-bond acceptors (Lipinski definition) is 3. The van der Waals surface area contributed by atoms with E-state index in [4.69, 9.17) is 5.73 Å². The van der Waals surface area contributed by atoms with Crippen molar-refractivity contribution in [3.8, 4) is 0 Å². The van der Waals surface area contributed by atoms with Gasteiger partial charge in [-0.15, -0.1) is 0 Å². The zero-order chi connectivity index (χ0) is 10.3. The Labute approximate surface area is 84.0 Å². The summed E-state index contributed by atoms with van der Waals surface area (Å²) in [5.41, 5.74) is 8.71. The van der Waals surface area contributed by atoms with Gasteiger partial charge in [0, 0.05) is 29.4 Å². The van der Waals surface area contributed by atoms with Crippen LogP contribution in [0, 0.1) is 0 Å². The fourth-order valence-corrected chi connectivity index (χ4v) is 1.85. The average Bonchev–Trinajstić information content (AvgIpc) is 2.42. The van der Waals surface area contributed by atoms with Crippen LogP contribution in [0.3, 0.4) is 0 Å². The molecular formula is C11H16N2O. The first-order valence-corrected chi connectivity index (χ1v) is 5.03. The van der Waals surface area contributed by atoms with E-state index in [0.29, 0.717) is 12.3 Å². The lowest BCUT2D eigenvalue weighted by molar-refractivity contribution is 0.159. The maximum Gasteiger partial charge on any atom is 0.0962 e. The second kappa shape index (κ2) is 3.33. The Morgan fingerprint density at radius 2 is 2.21 bits per heavy atom. The topological polar surface area (TPSA) is 59.1 Å². The number of nitrogens with zero attached hydrogens (tertiary/aromatic N) is 1. The fourth-order valence-electron chi connectivity index (χ4n) is 1.85. The van der Waals surface area contributed by atoms with Crippen LogP contribution in [0.25, 0.3) is 0 Å². The van der Waals surface area contributed by atoms with Crippen molar-refractivity contribution in [3.63, 3.8) is 0 Å². The zero-order valence-electron chi connectivity index (χ0n) is 8.57. The Morgan fingerprint density at radius 3 is 2.86 bits per heavy atom. The van der Waals surface area contributed by atoms with Crippen LogP contribution in [0.2, 0.25) is 0 Å². The van der Waals surface area contributed by atoms with E-state index in [1.807, 2.05) is 12.1 Å². The Kier molecular flexibility index (Phi) is 2.29. The van der Waals surface area contributed by atoms with Crippen molar-refractivity contribution in [2.45, 2.75) is 38.3 Å². The van der Waals surface area contributed by atoms with Crippen LogP contribution in [-0.2, 0) is 6.42 Å². The lowest BCUT2D eigenvalue weighted by Crippen LogP contribution is -2.24. The van der Waals surface area contributed by atoms with Gasteiger partial charge >= 0.3 is 0 Å². The van der Waals surface area contributed by atoms with E-state index in [9.17, 15) is 5.11 Å². The highest BCUT2D eigenvalue weighted by atomic mass is 16.3. The highest BCUT2D eigenvalue weighted by Crippen LogP contribution is 2.29. The minimum atomic E-state index is -0.529. The van der Waals surface area contributed by atoms with Crippen molar-refractivity contribution >= 4 is 0 Å². The van der Waals surface area contributed by atoms with Crippen LogP contribution >= 0.6 is 0 Å². The van der Waals surface area contributed by atoms with Gasteiger partial charge in [0.2, 0.25) is 0 Å². The number of nitrogens with two attached hydrogens (primary N) is 1. The molecule has 2 atom stereocenters. The number of aromatic nitrogens is 1. The maximum atomic E-state index is 9.71. The molecular weight excluding hydrogens is 176 g/mol. The van der Waals surface area contributed by atoms with Crippen molar-refractivity contribution < 1.29 is 5.11 Å². The quantitative estimate of drug-likeness (QED) is 0.701. The summed E-state index contributed by atoms with van der Waals surface area (Å²) >= 11 is 0. The smallest absolute Gasteiger partial charge is 0.0962 e. The van der Waals surface area contributed by atoms with Crippen LogP contribution in [0.5, 0.6) is 0 Å². The molecule has 76 valence electrons. The van der Waals surface area contributed by atoms with E-state index >= 15 is 0 Å². The minimum Gasteiger partial charge on any atom is -0.387 e. The van der Waals surface area contributed by atoms with Crippen LogP contribution in [-0.4, -0.2) is 16.1 Å². The molecule has 3 heteroatoms. The van der Waals surface area contributed by atoms with E-state index in [-0.39, 0.29) is 6.04 Å². The molecule has 3 nitrogen and oxygen atoms in total. The molecule has 0 saturated carbocycles. The Balaban J connectivity index is 2.39. The number of fused-ring (bicyclic) bond motifs is 1. The van der Waals surface area contributed by atoms with Crippen LogP contribution in [0.1, 0.15) is 42.8 Å².